The van der Waals surface area contributed by atoms with Crippen LogP contribution in [0.3, 0.4) is 0 Å². The zero-order chi connectivity index (χ0) is 19.0. The Kier molecular flexibility index (Phi) is 4.40. The fraction of sp³-hybridized carbons (Fsp3) is 0.444. The molecule has 1 fully saturated rings. The lowest BCUT2D eigenvalue weighted by Gasteiger charge is -2.28. The van der Waals surface area contributed by atoms with Crippen molar-refractivity contribution in [2.75, 3.05) is 31.2 Å². The summed E-state index contributed by atoms with van der Waals surface area (Å²) in [6.45, 7) is 6.21. The first kappa shape index (κ1) is 17.6. The quantitative estimate of drug-likeness (QED) is 0.832. The minimum Gasteiger partial charge on any atom is -0.384 e. The molecule has 0 bridgehead atoms. The van der Waals surface area contributed by atoms with Gasteiger partial charge in [-0.15, -0.1) is 0 Å². The van der Waals surface area contributed by atoms with E-state index >= 15 is 0 Å². The van der Waals surface area contributed by atoms with E-state index in [0.717, 1.165) is 30.2 Å². The number of nitrogens with two attached hydrogens (primary N) is 1. The van der Waals surface area contributed by atoms with Crippen LogP contribution in [0.2, 0.25) is 0 Å². The first-order valence-electron chi connectivity index (χ1n) is 8.92. The van der Waals surface area contributed by atoms with Gasteiger partial charge in [-0.2, -0.15) is 0 Å². The van der Waals surface area contributed by atoms with Gasteiger partial charge in [-0.25, -0.2) is 20.0 Å². The number of hydrogen-bond donors (Lipinski definition) is 2. The number of anilines is 1. The summed E-state index contributed by atoms with van der Waals surface area (Å²) in [5.41, 5.74) is 7.63. The summed E-state index contributed by atoms with van der Waals surface area (Å²) in [5.74, 6) is 0.997. The molecule has 0 aromatic carbocycles. The number of guanidine groups is 1. The molecule has 2 aromatic rings. The van der Waals surface area contributed by atoms with Crippen molar-refractivity contribution in [3.8, 4) is 0 Å². The molecule has 0 saturated carbocycles. The van der Waals surface area contributed by atoms with E-state index in [4.69, 9.17) is 15.5 Å². The average Bonchev–Trinajstić information content (AvgIpc) is 2.98. The van der Waals surface area contributed by atoms with Crippen LogP contribution in [0.5, 0.6) is 0 Å². The maximum absolute atomic E-state index is 10.4. The molecule has 0 spiro atoms. The lowest BCUT2D eigenvalue weighted by Crippen LogP contribution is -2.37. The molecule has 3 N–H and O–H groups in total. The van der Waals surface area contributed by atoms with Gasteiger partial charge in [-0.05, 0) is 13.8 Å². The number of fused-ring (bicyclic) bond motifs is 1. The van der Waals surface area contributed by atoms with E-state index in [1.54, 1.807) is 26.3 Å². The number of ether oxygens (including phenoxy) is 1. The van der Waals surface area contributed by atoms with Crippen molar-refractivity contribution in [1.82, 2.24) is 14.4 Å². The minimum atomic E-state index is -1.04. The van der Waals surface area contributed by atoms with Crippen LogP contribution in [0.1, 0.15) is 31.7 Å². The molecule has 2 aromatic heterocycles. The van der Waals surface area contributed by atoms with Crippen LogP contribution in [-0.2, 0) is 10.3 Å². The van der Waals surface area contributed by atoms with Crippen LogP contribution in [-0.4, -0.2) is 58.0 Å². The molecule has 4 heterocycles. The van der Waals surface area contributed by atoms with Gasteiger partial charge in [0.2, 0.25) is 5.96 Å². The largest absolute Gasteiger partial charge is 0.384 e. The predicted molar refractivity (Wildman–Crippen MR) is 104 cm³/mol. The number of morpholine rings is 1. The fourth-order valence-electron chi connectivity index (χ4n) is 3.06. The van der Waals surface area contributed by atoms with Crippen LogP contribution in [0, 0.1) is 0 Å². The predicted octanol–water partition coefficient (Wildman–Crippen LogP) is 0.923. The van der Waals surface area contributed by atoms with Gasteiger partial charge in [0.15, 0.2) is 11.5 Å². The smallest absolute Gasteiger partial charge is 0.219 e. The first-order valence-corrected chi connectivity index (χ1v) is 8.92. The third-order valence-corrected chi connectivity index (χ3v) is 4.57. The van der Waals surface area contributed by atoms with Crippen LogP contribution < -0.4 is 10.6 Å². The highest BCUT2D eigenvalue weighted by atomic mass is 16.5. The Morgan fingerprint density at radius 3 is 2.70 bits per heavy atom. The Bertz CT molecular complexity index is 947. The summed E-state index contributed by atoms with van der Waals surface area (Å²) < 4.78 is 7.38. The number of allylic oxidation sites excluding steroid dienone is 1. The Balaban J connectivity index is 1.86. The summed E-state index contributed by atoms with van der Waals surface area (Å²) in [5, 5.41) is 10.4. The highest BCUT2D eigenvalue weighted by Crippen LogP contribution is 2.28. The zero-order valence-corrected chi connectivity index (χ0v) is 15.5. The third kappa shape index (κ3) is 3.56. The molecule has 0 amide bonds. The highest BCUT2D eigenvalue weighted by molar-refractivity contribution is 5.92. The molecule has 2 aliphatic heterocycles. The van der Waals surface area contributed by atoms with E-state index in [1.807, 2.05) is 16.8 Å². The topological polar surface area (TPSA) is 114 Å². The Morgan fingerprint density at radius 2 is 1.96 bits per heavy atom. The van der Waals surface area contributed by atoms with E-state index in [2.05, 4.69) is 19.9 Å². The van der Waals surface area contributed by atoms with E-state index in [-0.39, 0.29) is 5.96 Å². The maximum Gasteiger partial charge on any atom is 0.219 e. The van der Waals surface area contributed by atoms with Gasteiger partial charge in [-0.1, -0.05) is 0 Å². The number of aliphatic imine (C=N–C) groups is 2. The normalized spacial score (nSPS) is 18.4. The molecule has 0 aliphatic carbocycles. The zero-order valence-electron chi connectivity index (χ0n) is 15.5. The molecule has 9 heteroatoms. The van der Waals surface area contributed by atoms with Gasteiger partial charge in [-0.3, -0.25) is 0 Å². The maximum atomic E-state index is 10.4. The molecule has 1 saturated heterocycles. The van der Waals surface area contributed by atoms with Crippen molar-refractivity contribution in [2.24, 2.45) is 15.7 Å². The standard InChI is InChI=1S/C18H23N7O2/c1-18(2,26)14-11-25-10-13(12-3-4-20-17(19)21-9-12)22-15(16(25)23-14)24-5-7-27-8-6-24/h4,9-11,26H,3,5-8H2,1-2H3,(H2,19,21). The van der Waals surface area contributed by atoms with Gasteiger partial charge in [0.05, 0.1) is 24.6 Å². The van der Waals surface area contributed by atoms with E-state index < -0.39 is 5.60 Å². The molecule has 9 nitrogen and oxygen atoms in total. The first-order chi connectivity index (χ1) is 12.9. The van der Waals surface area contributed by atoms with E-state index in [1.165, 1.54) is 0 Å². The second kappa shape index (κ2) is 6.75. The van der Waals surface area contributed by atoms with Crippen LogP contribution in [0.25, 0.3) is 11.2 Å². The van der Waals surface area contributed by atoms with Gasteiger partial charge in [0.25, 0.3) is 0 Å². The third-order valence-electron chi connectivity index (χ3n) is 4.57. The van der Waals surface area contributed by atoms with Gasteiger partial charge >= 0.3 is 0 Å². The summed E-state index contributed by atoms with van der Waals surface area (Å²) in [6, 6.07) is 0. The Labute approximate surface area is 156 Å². The molecule has 2 aliphatic rings. The van der Waals surface area contributed by atoms with E-state index in [9.17, 15) is 5.11 Å². The number of aliphatic hydroxyl groups is 1. The average molecular weight is 369 g/mol. The van der Waals surface area contributed by atoms with Crippen molar-refractivity contribution < 1.29 is 9.84 Å². The number of nitrogens with zero attached hydrogens (tertiary/aromatic N) is 6. The van der Waals surface area contributed by atoms with Crippen molar-refractivity contribution >= 4 is 29.2 Å². The monoisotopic (exact) mass is 369 g/mol. The van der Waals surface area contributed by atoms with Crippen molar-refractivity contribution in [3.05, 3.63) is 30.0 Å². The molecule has 4 rings (SSSR count). The SMILES string of the molecule is CC(C)(O)c1cn2cc(C3=CN=C(N)N=CC3)nc(N3CCOCC3)c2n1. The molecule has 27 heavy (non-hydrogen) atoms. The fourth-order valence-corrected chi connectivity index (χ4v) is 3.06. The van der Waals surface area contributed by atoms with Gasteiger partial charge in [0, 0.05) is 49.9 Å². The lowest BCUT2D eigenvalue weighted by atomic mass is 10.1. The van der Waals surface area contributed by atoms with Crippen LogP contribution >= 0.6 is 0 Å². The second-order valence-corrected chi connectivity index (χ2v) is 7.12. The van der Waals surface area contributed by atoms with Crippen molar-refractivity contribution in [2.45, 2.75) is 25.9 Å². The molecule has 0 unspecified atom stereocenters. The Morgan fingerprint density at radius 1 is 1.19 bits per heavy atom. The number of rotatable bonds is 3. The molecular weight excluding hydrogens is 346 g/mol. The molecule has 142 valence electrons. The number of imidazole rings is 1. The van der Waals surface area contributed by atoms with Gasteiger partial charge in [0.1, 0.15) is 5.60 Å². The summed E-state index contributed by atoms with van der Waals surface area (Å²) >= 11 is 0. The molecular formula is C18H23N7O2. The summed E-state index contributed by atoms with van der Waals surface area (Å²) in [4.78, 5) is 19.9. The molecule has 0 radical (unpaired) electrons. The second-order valence-electron chi connectivity index (χ2n) is 7.12. The molecule has 0 atom stereocenters. The lowest BCUT2D eigenvalue weighted by molar-refractivity contribution is 0.0744. The summed E-state index contributed by atoms with van der Waals surface area (Å²) in [7, 11) is 0. The number of aromatic nitrogens is 3. The highest BCUT2D eigenvalue weighted by Gasteiger charge is 2.24. The van der Waals surface area contributed by atoms with Crippen LogP contribution in [0.4, 0.5) is 5.82 Å². The van der Waals surface area contributed by atoms with Crippen molar-refractivity contribution in [1.29, 1.82) is 0 Å². The summed E-state index contributed by atoms with van der Waals surface area (Å²) in [6.07, 6.45) is 7.76. The van der Waals surface area contributed by atoms with Crippen LogP contribution in [0.15, 0.2) is 28.6 Å². The van der Waals surface area contributed by atoms with Gasteiger partial charge < -0.3 is 24.9 Å². The van der Waals surface area contributed by atoms with E-state index in [0.29, 0.717) is 31.0 Å². The Hall–Kier alpha value is -2.78. The van der Waals surface area contributed by atoms with Crippen molar-refractivity contribution in [3.63, 3.8) is 0 Å². The minimum absolute atomic E-state index is 0.228. The number of hydrogen-bond acceptors (Lipinski definition) is 8.